The Labute approximate surface area is 167 Å². The predicted octanol–water partition coefficient (Wildman–Crippen LogP) is 4.42. The Hall–Kier alpha value is -2.54. The van der Waals surface area contributed by atoms with Gasteiger partial charge in [-0.2, -0.15) is 8.42 Å². The summed E-state index contributed by atoms with van der Waals surface area (Å²) in [5, 5.41) is 3.00. The van der Waals surface area contributed by atoms with Gasteiger partial charge in [-0.05, 0) is 56.5 Å². The fourth-order valence-electron chi connectivity index (χ4n) is 2.68. The summed E-state index contributed by atoms with van der Waals surface area (Å²) < 4.78 is 28.1. The molecule has 0 fully saturated rings. The van der Waals surface area contributed by atoms with Gasteiger partial charge in [0.2, 0.25) is 0 Å². The number of nitrogens with zero attached hydrogens (tertiary/aromatic N) is 1. The fourth-order valence-corrected chi connectivity index (χ4v) is 3.20. The normalized spacial score (nSPS) is 11.3. The van der Waals surface area contributed by atoms with E-state index in [1.807, 2.05) is 45.0 Å². The Kier molecular flexibility index (Phi) is 7.45. The summed E-state index contributed by atoms with van der Waals surface area (Å²) in [7, 11) is -3.55. The first-order chi connectivity index (χ1) is 13.3. The van der Waals surface area contributed by atoms with Crippen LogP contribution < -0.4 is 9.50 Å². The van der Waals surface area contributed by atoms with Crippen molar-refractivity contribution >= 4 is 21.8 Å². The predicted molar refractivity (Wildman–Crippen MR) is 112 cm³/mol. The number of para-hydroxylation sites is 1. The quantitative estimate of drug-likeness (QED) is 0.661. The molecule has 0 spiro atoms. The lowest BCUT2D eigenvalue weighted by molar-refractivity contribution is 0.193. The molecule has 28 heavy (non-hydrogen) atoms. The van der Waals surface area contributed by atoms with E-state index in [0.717, 1.165) is 23.2 Å². The number of hydrogen-bond donors (Lipinski definition) is 1. The van der Waals surface area contributed by atoms with Gasteiger partial charge in [-0.1, -0.05) is 37.3 Å². The van der Waals surface area contributed by atoms with Crippen LogP contribution in [0.1, 0.15) is 38.8 Å². The van der Waals surface area contributed by atoms with Crippen molar-refractivity contribution in [3.05, 3.63) is 59.7 Å². The highest BCUT2D eigenvalue weighted by atomic mass is 32.2. The Balaban J connectivity index is 2.11. The summed E-state index contributed by atoms with van der Waals surface area (Å²) in [6.45, 7) is 7.89. The molecule has 0 aliphatic carbocycles. The van der Waals surface area contributed by atoms with Crippen molar-refractivity contribution < 1.29 is 17.4 Å². The molecular weight excluding hydrogens is 376 g/mol. The lowest BCUT2D eigenvalue weighted by Crippen LogP contribution is -2.39. The molecule has 152 valence electrons. The molecule has 0 aliphatic rings. The number of aryl methyl sites for hydroxylation is 1. The Bertz CT molecular complexity index is 893. The number of hydrogen-bond acceptors (Lipinski definition) is 4. The van der Waals surface area contributed by atoms with E-state index in [4.69, 9.17) is 4.18 Å². The number of benzene rings is 2. The van der Waals surface area contributed by atoms with Crippen molar-refractivity contribution in [1.82, 2.24) is 4.90 Å². The van der Waals surface area contributed by atoms with Gasteiger partial charge in [-0.3, -0.25) is 0 Å². The maximum absolute atomic E-state index is 12.8. The number of amides is 2. The third kappa shape index (κ3) is 5.99. The molecule has 0 radical (unpaired) electrons. The van der Waals surface area contributed by atoms with Gasteiger partial charge in [0.25, 0.3) is 0 Å². The Morgan fingerprint density at radius 1 is 1.07 bits per heavy atom. The molecule has 0 unspecified atom stereocenters. The van der Waals surface area contributed by atoms with Crippen LogP contribution in [0.2, 0.25) is 0 Å². The van der Waals surface area contributed by atoms with E-state index < -0.39 is 10.1 Å². The summed E-state index contributed by atoms with van der Waals surface area (Å²) >= 11 is 0. The van der Waals surface area contributed by atoms with Gasteiger partial charge < -0.3 is 14.4 Å². The highest BCUT2D eigenvalue weighted by molar-refractivity contribution is 7.87. The van der Waals surface area contributed by atoms with Gasteiger partial charge in [-0.15, -0.1) is 0 Å². The van der Waals surface area contributed by atoms with E-state index in [9.17, 15) is 13.2 Å². The second-order valence-electron chi connectivity index (χ2n) is 6.74. The van der Waals surface area contributed by atoms with Crippen LogP contribution in [0.5, 0.6) is 5.75 Å². The molecular formula is C21H28N2O4S. The molecule has 2 rings (SSSR count). The van der Waals surface area contributed by atoms with E-state index in [2.05, 4.69) is 5.32 Å². The first kappa shape index (κ1) is 21.8. The highest BCUT2D eigenvalue weighted by Gasteiger charge is 2.18. The molecule has 0 saturated heterocycles. The van der Waals surface area contributed by atoms with Crippen LogP contribution >= 0.6 is 0 Å². The Morgan fingerprint density at radius 3 is 2.29 bits per heavy atom. The zero-order valence-electron chi connectivity index (χ0n) is 16.8. The minimum absolute atomic E-state index is 0.00909. The number of anilines is 1. The number of nitrogens with one attached hydrogen (secondary N) is 1. The van der Waals surface area contributed by atoms with E-state index in [0.29, 0.717) is 6.54 Å². The van der Waals surface area contributed by atoms with Gasteiger partial charge in [0.05, 0.1) is 5.75 Å². The molecule has 2 aromatic carbocycles. The molecule has 0 aromatic heterocycles. The standard InChI is InChI=1S/C21H28N2O4S/c1-5-18-9-7-8-10-20(18)22-21(24)23(16(3)4)15-17-11-13-19(14-12-17)27-28(25,26)6-2/h7-14,16H,5-6,15H2,1-4H3,(H,22,24). The topological polar surface area (TPSA) is 75.7 Å². The third-order valence-electron chi connectivity index (χ3n) is 4.38. The summed E-state index contributed by atoms with van der Waals surface area (Å²) in [6, 6.07) is 14.3. The zero-order chi connectivity index (χ0) is 20.7. The number of carbonyl (C=O) groups is 1. The number of carbonyl (C=O) groups excluding carboxylic acids is 1. The van der Waals surface area contributed by atoms with Crippen molar-refractivity contribution in [3.8, 4) is 5.75 Å². The van der Waals surface area contributed by atoms with Crippen LogP contribution in [0.4, 0.5) is 10.5 Å². The van der Waals surface area contributed by atoms with Crippen LogP contribution in [0, 0.1) is 0 Å². The van der Waals surface area contributed by atoms with Crippen molar-refractivity contribution in [1.29, 1.82) is 0 Å². The smallest absolute Gasteiger partial charge is 0.322 e. The van der Waals surface area contributed by atoms with Crippen LogP contribution in [0.25, 0.3) is 0 Å². The van der Waals surface area contributed by atoms with Crippen LogP contribution in [0.15, 0.2) is 48.5 Å². The third-order valence-corrected chi connectivity index (χ3v) is 5.53. The lowest BCUT2D eigenvalue weighted by Gasteiger charge is -2.27. The first-order valence-corrected chi connectivity index (χ1v) is 11.0. The maximum Gasteiger partial charge on any atom is 0.322 e. The summed E-state index contributed by atoms with van der Waals surface area (Å²) in [6.07, 6.45) is 0.834. The molecule has 6 nitrogen and oxygen atoms in total. The molecule has 2 aromatic rings. The van der Waals surface area contributed by atoms with Crippen LogP contribution in [0.3, 0.4) is 0 Å². The Morgan fingerprint density at radius 2 is 1.71 bits per heavy atom. The maximum atomic E-state index is 12.8. The molecule has 7 heteroatoms. The molecule has 0 saturated carbocycles. The van der Waals surface area contributed by atoms with E-state index >= 15 is 0 Å². The van der Waals surface area contributed by atoms with E-state index in [-0.39, 0.29) is 23.6 Å². The zero-order valence-corrected chi connectivity index (χ0v) is 17.6. The van der Waals surface area contributed by atoms with Crippen LogP contribution in [-0.4, -0.2) is 31.1 Å². The minimum atomic E-state index is -3.55. The van der Waals surface area contributed by atoms with Crippen LogP contribution in [-0.2, 0) is 23.1 Å². The van der Waals surface area contributed by atoms with Gasteiger partial charge in [0.15, 0.2) is 0 Å². The monoisotopic (exact) mass is 404 g/mol. The first-order valence-electron chi connectivity index (χ1n) is 9.42. The van der Waals surface area contributed by atoms with Crippen molar-refractivity contribution in [2.24, 2.45) is 0 Å². The van der Waals surface area contributed by atoms with E-state index in [1.54, 1.807) is 29.2 Å². The summed E-state index contributed by atoms with van der Waals surface area (Å²) in [5.74, 6) is 0.179. The second kappa shape index (κ2) is 9.59. The molecule has 1 N–H and O–H groups in total. The van der Waals surface area contributed by atoms with Crippen molar-refractivity contribution in [2.45, 2.75) is 46.7 Å². The SMILES string of the molecule is CCc1ccccc1NC(=O)N(Cc1ccc(OS(=O)(=O)CC)cc1)C(C)C. The molecule has 0 atom stereocenters. The molecule has 0 heterocycles. The molecule has 0 aliphatic heterocycles. The minimum Gasteiger partial charge on any atom is -0.382 e. The van der Waals surface area contributed by atoms with Gasteiger partial charge >= 0.3 is 16.1 Å². The van der Waals surface area contributed by atoms with Gasteiger partial charge in [-0.25, -0.2) is 4.79 Å². The van der Waals surface area contributed by atoms with Crippen molar-refractivity contribution in [2.75, 3.05) is 11.1 Å². The second-order valence-corrected chi connectivity index (χ2v) is 8.60. The largest absolute Gasteiger partial charge is 0.382 e. The molecule has 2 amide bonds. The summed E-state index contributed by atoms with van der Waals surface area (Å²) in [4.78, 5) is 14.6. The highest BCUT2D eigenvalue weighted by Crippen LogP contribution is 2.19. The average Bonchev–Trinajstić information content (AvgIpc) is 2.67. The lowest BCUT2D eigenvalue weighted by atomic mass is 10.1. The van der Waals surface area contributed by atoms with Crippen molar-refractivity contribution in [3.63, 3.8) is 0 Å². The molecule has 0 bridgehead atoms. The number of urea groups is 1. The fraction of sp³-hybridized carbons (Fsp3) is 0.381. The average molecular weight is 405 g/mol. The van der Waals surface area contributed by atoms with E-state index in [1.165, 1.54) is 6.92 Å². The van der Waals surface area contributed by atoms with Gasteiger partial charge in [0, 0.05) is 18.3 Å². The number of rotatable bonds is 8. The summed E-state index contributed by atoms with van der Waals surface area (Å²) in [5.41, 5.74) is 2.78. The van der Waals surface area contributed by atoms with Gasteiger partial charge in [0.1, 0.15) is 5.75 Å².